The van der Waals surface area contributed by atoms with E-state index in [1.807, 2.05) is 35.2 Å². The van der Waals surface area contributed by atoms with E-state index in [0.29, 0.717) is 23.2 Å². The van der Waals surface area contributed by atoms with Crippen LogP contribution in [0.15, 0.2) is 65.1 Å². The standard InChI is InChI=1S/C27H26N4O4/c1-17(2)19-8-12-25-22(15-19)29-27(35-25)18-5-9-21(10-6-18)28-26(32)20-7-11-23(24(16-20)31(33)34)30-13-3-4-14-30/h5-12,15-17H,3-4,13-14H2,1-2H3,(H,28,32). The highest BCUT2D eigenvalue weighted by atomic mass is 16.6. The molecular formula is C27H26N4O4. The van der Waals surface area contributed by atoms with E-state index in [-0.39, 0.29) is 11.3 Å². The first-order valence-corrected chi connectivity index (χ1v) is 11.7. The molecule has 1 saturated heterocycles. The molecule has 178 valence electrons. The third-order valence-corrected chi connectivity index (χ3v) is 6.35. The number of hydrogen-bond donors (Lipinski definition) is 1. The van der Waals surface area contributed by atoms with E-state index in [1.165, 1.54) is 11.6 Å². The number of benzene rings is 3. The number of anilines is 2. The quantitative estimate of drug-likeness (QED) is 0.259. The number of nitrogens with one attached hydrogen (secondary N) is 1. The molecule has 2 heterocycles. The molecule has 0 atom stereocenters. The number of rotatable bonds is 6. The lowest BCUT2D eigenvalue weighted by Crippen LogP contribution is -2.19. The number of carbonyl (C=O) groups excluding carboxylic acids is 1. The molecule has 1 aliphatic heterocycles. The molecule has 0 unspecified atom stereocenters. The molecule has 1 N–H and O–H groups in total. The molecule has 0 bridgehead atoms. The molecule has 0 spiro atoms. The van der Waals surface area contributed by atoms with Crippen molar-refractivity contribution in [2.75, 3.05) is 23.3 Å². The Morgan fingerprint density at radius 2 is 1.80 bits per heavy atom. The van der Waals surface area contributed by atoms with Crippen LogP contribution in [0, 0.1) is 10.1 Å². The van der Waals surface area contributed by atoms with Gasteiger partial charge in [0.15, 0.2) is 5.58 Å². The zero-order valence-corrected chi connectivity index (χ0v) is 19.7. The van der Waals surface area contributed by atoms with E-state index >= 15 is 0 Å². The molecule has 1 aliphatic rings. The molecule has 1 fully saturated rings. The second kappa shape index (κ2) is 9.21. The summed E-state index contributed by atoms with van der Waals surface area (Å²) < 4.78 is 5.90. The van der Waals surface area contributed by atoms with Crippen LogP contribution >= 0.6 is 0 Å². The molecule has 4 aromatic rings. The summed E-state index contributed by atoms with van der Waals surface area (Å²) in [6.45, 7) is 5.85. The first-order chi connectivity index (χ1) is 16.9. The van der Waals surface area contributed by atoms with Crippen molar-refractivity contribution in [3.05, 3.63) is 81.9 Å². The summed E-state index contributed by atoms with van der Waals surface area (Å²) in [6.07, 6.45) is 2.02. The summed E-state index contributed by atoms with van der Waals surface area (Å²) >= 11 is 0. The average molecular weight is 471 g/mol. The normalized spacial score (nSPS) is 13.5. The monoisotopic (exact) mass is 470 g/mol. The van der Waals surface area contributed by atoms with Crippen molar-refractivity contribution in [3.8, 4) is 11.5 Å². The molecule has 1 amide bonds. The van der Waals surface area contributed by atoms with Gasteiger partial charge in [0, 0.05) is 36.0 Å². The molecule has 3 aromatic carbocycles. The Balaban J connectivity index is 1.33. The predicted octanol–water partition coefficient (Wildman–Crippen LogP) is 6.38. The maximum Gasteiger partial charge on any atom is 0.293 e. The van der Waals surface area contributed by atoms with Crippen LogP contribution < -0.4 is 10.2 Å². The molecule has 35 heavy (non-hydrogen) atoms. The Morgan fingerprint density at radius 3 is 2.49 bits per heavy atom. The number of amides is 1. The lowest BCUT2D eigenvalue weighted by molar-refractivity contribution is -0.384. The number of fused-ring (bicyclic) bond motifs is 1. The van der Waals surface area contributed by atoms with Gasteiger partial charge in [0.05, 0.1) is 4.92 Å². The minimum atomic E-state index is -0.427. The number of nitrogens with zero attached hydrogens (tertiary/aromatic N) is 3. The summed E-state index contributed by atoms with van der Waals surface area (Å²) in [5.74, 6) is 0.504. The fraction of sp³-hybridized carbons (Fsp3) is 0.259. The minimum Gasteiger partial charge on any atom is -0.436 e. The van der Waals surface area contributed by atoms with Crippen molar-refractivity contribution < 1.29 is 14.1 Å². The Bertz CT molecular complexity index is 1400. The maximum absolute atomic E-state index is 12.8. The first kappa shape index (κ1) is 22.6. The fourth-order valence-electron chi connectivity index (χ4n) is 4.36. The molecule has 0 saturated carbocycles. The van der Waals surface area contributed by atoms with E-state index in [4.69, 9.17) is 4.42 Å². The van der Waals surface area contributed by atoms with Gasteiger partial charge in [-0.15, -0.1) is 0 Å². The van der Waals surface area contributed by atoms with E-state index in [1.54, 1.807) is 24.3 Å². The number of nitro groups is 1. The van der Waals surface area contributed by atoms with Crippen molar-refractivity contribution in [1.82, 2.24) is 4.98 Å². The second-order valence-corrected chi connectivity index (χ2v) is 9.09. The van der Waals surface area contributed by atoms with Crippen LogP contribution in [-0.4, -0.2) is 28.9 Å². The molecule has 0 radical (unpaired) electrons. The average Bonchev–Trinajstić information content (AvgIpc) is 3.54. The minimum absolute atomic E-state index is 0.0496. The Hall–Kier alpha value is -4.20. The number of hydrogen-bond acceptors (Lipinski definition) is 6. The van der Waals surface area contributed by atoms with Gasteiger partial charge < -0.3 is 14.6 Å². The largest absolute Gasteiger partial charge is 0.436 e. The van der Waals surface area contributed by atoms with Crippen LogP contribution in [0.4, 0.5) is 17.1 Å². The number of carbonyl (C=O) groups is 1. The second-order valence-electron chi connectivity index (χ2n) is 9.09. The lowest BCUT2D eigenvalue weighted by atomic mass is 10.0. The highest BCUT2D eigenvalue weighted by molar-refractivity contribution is 6.05. The van der Waals surface area contributed by atoms with Crippen molar-refractivity contribution in [1.29, 1.82) is 0 Å². The predicted molar refractivity (Wildman–Crippen MR) is 136 cm³/mol. The summed E-state index contributed by atoms with van der Waals surface area (Å²) in [4.78, 5) is 30.6. The lowest BCUT2D eigenvalue weighted by Gasteiger charge is -2.17. The summed E-state index contributed by atoms with van der Waals surface area (Å²) in [5.41, 5.74) is 4.84. The Morgan fingerprint density at radius 1 is 1.06 bits per heavy atom. The van der Waals surface area contributed by atoms with E-state index in [2.05, 4.69) is 24.1 Å². The van der Waals surface area contributed by atoms with Crippen molar-refractivity contribution >= 4 is 34.1 Å². The van der Waals surface area contributed by atoms with E-state index < -0.39 is 10.8 Å². The van der Waals surface area contributed by atoms with E-state index in [9.17, 15) is 14.9 Å². The number of aromatic nitrogens is 1. The number of nitro benzene ring substituents is 1. The topological polar surface area (TPSA) is 102 Å². The van der Waals surface area contributed by atoms with Crippen molar-refractivity contribution in [3.63, 3.8) is 0 Å². The van der Waals surface area contributed by atoms with Crippen LogP contribution in [0.3, 0.4) is 0 Å². The van der Waals surface area contributed by atoms with Gasteiger partial charge in [0.1, 0.15) is 11.2 Å². The summed E-state index contributed by atoms with van der Waals surface area (Å²) in [6, 6.07) is 17.8. The highest BCUT2D eigenvalue weighted by Crippen LogP contribution is 2.32. The van der Waals surface area contributed by atoms with Crippen LogP contribution in [0.1, 0.15) is 48.5 Å². The Labute approximate surface area is 202 Å². The van der Waals surface area contributed by atoms with Gasteiger partial charge in [-0.05, 0) is 72.9 Å². The van der Waals surface area contributed by atoms with Gasteiger partial charge in [0.2, 0.25) is 5.89 Å². The van der Waals surface area contributed by atoms with Gasteiger partial charge in [-0.2, -0.15) is 0 Å². The number of oxazole rings is 1. The van der Waals surface area contributed by atoms with Crippen LogP contribution in [-0.2, 0) is 0 Å². The van der Waals surface area contributed by atoms with E-state index in [0.717, 1.165) is 42.6 Å². The molecule has 5 rings (SSSR count). The van der Waals surface area contributed by atoms with Crippen molar-refractivity contribution in [2.24, 2.45) is 0 Å². The van der Waals surface area contributed by atoms with Gasteiger partial charge in [0.25, 0.3) is 11.6 Å². The van der Waals surface area contributed by atoms with Crippen LogP contribution in [0.5, 0.6) is 0 Å². The zero-order chi connectivity index (χ0) is 24.5. The summed E-state index contributed by atoms with van der Waals surface area (Å²) in [7, 11) is 0. The summed E-state index contributed by atoms with van der Waals surface area (Å²) in [5, 5.41) is 14.4. The van der Waals surface area contributed by atoms with Crippen LogP contribution in [0.2, 0.25) is 0 Å². The molecular weight excluding hydrogens is 444 g/mol. The molecule has 8 heteroatoms. The van der Waals surface area contributed by atoms with Gasteiger partial charge in [-0.3, -0.25) is 14.9 Å². The SMILES string of the molecule is CC(C)c1ccc2oc(-c3ccc(NC(=O)c4ccc(N5CCCC5)c([N+](=O)[O-])c4)cc3)nc2c1. The molecule has 8 nitrogen and oxygen atoms in total. The van der Waals surface area contributed by atoms with Gasteiger partial charge in [-0.25, -0.2) is 4.98 Å². The van der Waals surface area contributed by atoms with Gasteiger partial charge >= 0.3 is 0 Å². The smallest absolute Gasteiger partial charge is 0.293 e. The third kappa shape index (κ3) is 4.59. The zero-order valence-electron chi connectivity index (χ0n) is 19.7. The highest BCUT2D eigenvalue weighted by Gasteiger charge is 2.24. The van der Waals surface area contributed by atoms with Gasteiger partial charge in [-0.1, -0.05) is 19.9 Å². The molecule has 1 aromatic heterocycles. The Kier molecular flexibility index (Phi) is 5.94. The van der Waals surface area contributed by atoms with Crippen molar-refractivity contribution in [2.45, 2.75) is 32.6 Å². The maximum atomic E-state index is 12.8. The fourth-order valence-corrected chi connectivity index (χ4v) is 4.36. The molecule has 0 aliphatic carbocycles. The first-order valence-electron chi connectivity index (χ1n) is 11.7. The van der Waals surface area contributed by atoms with Crippen LogP contribution in [0.25, 0.3) is 22.6 Å². The third-order valence-electron chi connectivity index (χ3n) is 6.35.